The number of guanidine groups is 1. The predicted molar refractivity (Wildman–Crippen MR) is 96.8 cm³/mol. The molecule has 5 heteroatoms. The zero-order chi connectivity index (χ0) is 13.1. The first-order valence-electron chi connectivity index (χ1n) is 6.17. The van der Waals surface area contributed by atoms with Crippen LogP contribution in [-0.4, -0.2) is 31.3 Å². The number of rotatable bonds is 7. The lowest BCUT2D eigenvalue weighted by molar-refractivity contribution is 0.868. The van der Waals surface area contributed by atoms with Crippen molar-refractivity contribution in [2.75, 3.05) is 25.4 Å². The van der Waals surface area contributed by atoms with Gasteiger partial charge in [-0.2, -0.15) is 0 Å². The molecule has 0 unspecified atom stereocenters. The number of hydrogen-bond donors (Lipinski definition) is 2. The van der Waals surface area contributed by atoms with Crippen LogP contribution in [0.25, 0.3) is 0 Å². The summed E-state index contributed by atoms with van der Waals surface area (Å²) in [6.45, 7) is 8.14. The van der Waals surface area contributed by atoms with E-state index in [1.807, 2.05) is 23.9 Å². The van der Waals surface area contributed by atoms with Gasteiger partial charge in [0.1, 0.15) is 0 Å². The van der Waals surface area contributed by atoms with Gasteiger partial charge in [-0.15, -0.1) is 42.3 Å². The second-order valence-corrected chi connectivity index (χ2v) is 4.76. The number of nitrogens with zero attached hydrogens (tertiary/aromatic N) is 1. The maximum absolute atomic E-state index is 4.49. The number of halogens is 1. The van der Waals surface area contributed by atoms with E-state index >= 15 is 0 Å². The van der Waals surface area contributed by atoms with Crippen molar-refractivity contribution in [2.24, 2.45) is 4.99 Å². The van der Waals surface area contributed by atoms with Crippen LogP contribution in [0.4, 0.5) is 0 Å². The topological polar surface area (TPSA) is 36.4 Å². The summed E-state index contributed by atoms with van der Waals surface area (Å²) in [6, 6.07) is 10.4. The molecule has 0 aliphatic rings. The van der Waals surface area contributed by atoms with Crippen LogP contribution in [0.15, 0.2) is 52.9 Å². The first-order valence-corrected chi connectivity index (χ1v) is 7.16. The summed E-state index contributed by atoms with van der Waals surface area (Å²) in [7, 11) is 0. The Balaban J connectivity index is 0.00000324. The fourth-order valence-corrected chi connectivity index (χ4v) is 2.12. The molecule has 0 aromatic heterocycles. The molecule has 2 N–H and O–H groups in total. The van der Waals surface area contributed by atoms with E-state index in [0.717, 1.165) is 31.3 Å². The quantitative estimate of drug-likeness (QED) is 0.187. The molecule has 1 aromatic rings. The van der Waals surface area contributed by atoms with Gasteiger partial charge in [-0.1, -0.05) is 24.3 Å². The molecule has 0 fully saturated rings. The molecule has 0 saturated heterocycles. The average Bonchev–Trinajstić information content (AvgIpc) is 2.42. The second-order valence-electron chi connectivity index (χ2n) is 3.59. The minimum Gasteiger partial charge on any atom is -0.357 e. The smallest absolute Gasteiger partial charge is 0.191 e. The normalized spacial score (nSPS) is 10.5. The standard InChI is InChI=1S/C14H21N3S.HI/c1-3-10-16-14(15-4-2)17-11-12-18-13-8-6-5-7-9-13;/h3,5-9H,1,4,10-12H2,2H3,(H2,15,16,17);1H. The Morgan fingerprint density at radius 2 is 2.05 bits per heavy atom. The van der Waals surface area contributed by atoms with Crippen molar-refractivity contribution >= 4 is 41.7 Å². The van der Waals surface area contributed by atoms with E-state index in [1.165, 1.54) is 4.90 Å². The molecule has 0 heterocycles. The predicted octanol–water partition coefficient (Wildman–Crippen LogP) is 3.14. The first-order chi connectivity index (χ1) is 8.86. The van der Waals surface area contributed by atoms with Crippen LogP contribution in [0.3, 0.4) is 0 Å². The highest BCUT2D eigenvalue weighted by Crippen LogP contribution is 2.16. The summed E-state index contributed by atoms with van der Waals surface area (Å²) in [6.07, 6.45) is 1.82. The Labute approximate surface area is 137 Å². The number of nitrogens with one attached hydrogen (secondary N) is 2. The minimum atomic E-state index is 0. The van der Waals surface area contributed by atoms with E-state index in [-0.39, 0.29) is 24.0 Å². The zero-order valence-electron chi connectivity index (χ0n) is 11.3. The van der Waals surface area contributed by atoms with Gasteiger partial charge in [0.15, 0.2) is 5.96 Å². The lowest BCUT2D eigenvalue weighted by Crippen LogP contribution is -2.37. The maximum Gasteiger partial charge on any atom is 0.191 e. The Hall–Kier alpha value is -0.690. The van der Waals surface area contributed by atoms with Crippen molar-refractivity contribution in [3.05, 3.63) is 43.0 Å². The highest BCUT2D eigenvalue weighted by Gasteiger charge is 1.95. The Kier molecular flexibility index (Phi) is 11.9. The van der Waals surface area contributed by atoms with Gasteiger partial charge in [0.2, 0.25) is 0 Å². The molecular weight excluding hydrogens is 369 g/mol. The van der Waals surface area contributed by atoms with E-state index in [0.29, 0.717) is 0 Å². The Morgan fingerprint density at radius 1 is 1.32 bits per heavy atom. The molecule has 0 spiro atoms. The van der Waals surface area contributed by atoms with Crippen LogP contribution in [0.5, 0.6) is 0 Å². The average molecular weight is 391 g/mol. The van der Waals surface area contributed by atoms with E-state index in [9.17, 15) is 0 Å². The second kappa shape index (κ2) is 12.3. The molecule has 0 saturated carbocycles. The van der Waals surface area contributed by atoms with Crippen molar-refractivity contribution < 1.29 is 0 Å². The third-order valence-corrected chi connectivity index (χ3v) is 3.12. The summed E-state index contributed by atoms with van der Waals surface area (Å²) in [5, 5.41) is 6.38. The Morgan fingerprint density at radius 3 is 2.68 bits per heavy atom. The maximum atomic E-state index is 4.49. The summed E-state index contributed by atoms with van der Waals surface area (Å²) in [5.74, 6) is 1.83. The van der Waals surface area contributed by atoms with Gasteiger partial charge in [0, 0.05) is 23.7 Å². The zero-order valence-corrected chi connectivity index (χ0v) is 14.4. The number of hydrogen-bond acceptors (Lipinski definition) is 2. The number of benzene rings is 1. The molecule has 1 rings (SSSR count). The van der Waals surface area contributed by atoms with Crippen molar-refractivity contribution in [2.45, 2.75) is 11.8 Å². The molecule has 19 heavy (non-hydrogen) atoms. The van der Waals surface area contributed by atoms with Crippen molar-refractivity contribution in [3.8, 4) is 0 Å². The number of thioether (sulfide) groups is 1. The van der Waals surface area contributed by atoms with Crippen molar-refractivity contribution in [1.29, 1.82) is 0 Å². The first kappa shape index (κ1) is 18.3. The molecule has 0 aliphatic heterocycles. The van der Waals surface area contributed by atoms with Gasteiger partial charge in [0.05, 0.1) is 6.54 Å². The summed E-state index contributed by atoms with van der Waals surface area (Å²) in [4.78, 5) is 5.78. The molecule has 106 valence electrons. The highest BCUT2D eigenvalue weighted by atomic mass is 127. The van der Waals surface area contributed by atoms with Gasteiger partial charge in [-0.25, -0.2) is 0 Å². The van der Waals surface area contributed by atoms with Crippen molar-refractivity contribution in [3.63, 3.8) is 0 Å². The van der Waals surface area contributed by atoms with Crippen molar-refractivity contribution in [1.82, 2.24) is 10.6 Å². The van der Waals surface area contributed by atoms with Crippen LogP contribution in [-0.2, 0) is 0 Å². The van der Waals surface area contributed by atoms with Crippen LogP contribution in [0, 0.1) is 0 Å². The fraction of sp³-hybridized carbons (Fsp3) is 0.357. The van der Waals surface area contributed by atoms with Gasteiger partial charge in [-0.3, -0.25) is 4.99 Å². The minimum absolute atomic E-state index is 0. The van der Waals surface area contributed by atoms with Gasteiger partial charge >= 0.3 is 0 Å². The molecule has 0 atom stereocenters. The van der Waals surface area contributed by atoms with Crippen LogP contribution < -0.4 is 10.6 Å². The highest BCUT2D eigenvalue weighted by molar-refractivity contribution is 14.0. The molecular formula is C14H22IN3S. The molecule has 1 aromatic carbocycles. The molecule has 0 radical (unpaired) electrons. The van der Waals surface area contributed by atoms with Gasteiger partial charge in [0.25, 0.3) is 0 Å². The summed E-state index contributed by atoms with van der Waals surface area (Å²) < 4.78 is 0. The molecule has 0 amide bonds. The Bertz CT molecular complexity index is 368. The molecule has 0 bridgehead atoms. The van der Waals surface area contributed by atoms with Crippen LogP contribution in [0.2, 0.25) is 0 Å². The largest absolute Gasteiger partial charge is 0.357 e. The SMILES string of the molecule is C=CCNC(=NCCSc1ccccc1)NCC.I. The molecule has 3 nitrogen and oxygen atoms in total. The lowest BCUT2D eigenvalue weighted by atomic mass is 10.4. The van der Waals surface area contributed by atoms with Gasteiger partial charge < -0.3 is 10.6 Å². The van der Waals surface area contributed by atoms with E-state index in [1.54, 1.807) is 0 Å². The summed E-state index contributed by atoms with van der Waals surface area (Å²) in [5.41, 5.74) is 0. The lowest BCUT2D eigenvalue weighted by Gasteiger charge is -2.09. The van der Waals surface area contributed by atoms with E-state index < -0.39 is 0 Å². The van der Waals surface area contributed by atoms with Gasteiger partial charge in [-0.05, 0) is 19.1 Å². The fourth-order valence-electron chi connectivity index (χ4n) is 1.35. The van der Waals surface area contributed by atoms with Crippen LogP contribution in [0.1, 0.15) is 6.92 Å². The van der Waals surface area contributed by atoms with E-state index in [4.69, 9.17) is 0 Å². The third kappa shape index (κ3) is 8.93. The monoisotopic (exact) mass is 391 g/mol. The third-order valence-electron chi connectivity index (χ3n) is 2.13. The number of aliphatic imine (C=N–C) groups is 1. The van der Waals surface area contributed by atoms with E-state index in [2.05, 4.69) is 53.4 Å². The summed E-state index contributed by atoms with van der Waals surface area (Å²) >= 11 is 1.82. The molecule has 0 aliphatic carbocycles. The van der Waals surface area contributed by atoms with Crippen LogP contribution >= 0.6 is 35.7 Å².